The lowest BCUT2D eigenvalue weighted by Gasteiger charge is -2.18. The van der Waals surface area contributed by atoms with Gasteiger partial charge in [0.1, 0.15) is 18.1 Å². The number of hydrogen-bond donors (Lipinski definition) is 1. The van der Waals surface area contributed by atoms with Crippen molar-refractivity contribution in [1.29, 1.82) is 0 Å². The van der Waals surface area contributed by atoms with Crippen LogP contribution in [0.3, 0.4) is 0 Å². The molecule has 5 heteroatoms. The Balaban J connectivity index is 2.88. The number of benzene rings is 1. The van der Waals surface area contributed by atoms with Gasteiger partial charge in [-0.25, -0.2) is 0 Å². The lowest BCUT2D eigenvalue weighted by atomic mass is 10.1. The molecule has 0 fully saturated rings. The molecule has 100 valence electrons. The summed E-state index contributed by atoms with van der Waals surface area (Å²) in [6, 6.07) is 5.29. The summed E-state index contributed by atoms with van der Waals surface area (Å²) in [5.74, 6) is 1.26. The van der Waals surface area contributed by atoms with Crippen LogP contribution >= 0.6 is 0 Å². The third-order valence-corrected chi connectivity index (χ3v) is 2.56. The summed E-state index contributed by atoms with van der Waals surface area (Å²) >= 11 is 0. The molecule has 0 unspecified atom stereocenters. The van der Waals surface area contributed by atoms with Gasteiger partial charge in [0.2, 0.25) is 5.91 Å². The first kappa shape index (κ1) is 14.3. The fourth-order valence-corrected chi connectivity index (χ4v) is 1.67. The summed E-state index contributed by atoms with van der Waals surface area (Å²) in [7, 11) is 4.67. The summed E-state index contributed by atoms with van der Waals surface area (Å²) in [6.45, 7) is 1.92. The van der Waals surface area contributed by atoms with Gasteiger partial charge in [-0.05, 0) is 25.1 Å². The summed E-state index contributed by atoms with van der Waals surface area (Å²) in [4.78, 5) is 11.5. The molecule has 1 aromatic rings. The summed E-state index contributed by atoms with van der Waals surface area (Å²) in [5.41, 5.74) is 0.862. The van der Waals surface area contributed by atoms with Crippen molar-refractivity contribution in [3.63, 3.8) is 0 Å². The van der Waals surface area contributed by atoms with Crippen LogP contribution in [0.1, 0.15) is 18.5 Å². The highest BCUT2D eigenvalue weighted by Crippen LogP contribution is 2.29. The van der Waals surface area contributed by atoms with Gasteiger partial charge >= 0.3 is 0 Å². The van der Waals surface area contributed by atoms with E-state index in [2.05, 4.69) is 5.32 Å². The maximum Gasteiger partial charge on any atom is 0.246 e. The summed E-state index contributed by atoms with van der Waals surface area (Å²) < 4.78 is 15.2. The second-order valence-corrected chi connectivity index (χ2v) is 3.83. The molecule has 18 heavy (non-hydrogen) atoms. The van der Waals surface area contributed by atoms with Gasteiger partial charge in [-0.3, -0.25) is 4.79 Å². The molecule has 5 nitrogen and oxygen atoms in total. The van der Waals surface area contributed by atoms with Gasteiger partial charge in [0.25, 0.3) is 0 Å². The third kappa shape index (κ3) is 3.63. The zero-order valence-corrected chi connectivity index (χ0v) is 11.1. The first-order valence-corrected chi connectivity index (χ1v) is 5.62. The first-order chi connectivity index (χ1) is 8.62. The molecule has 1 rings (SSSR count). The highest BCUT2D eigenvalue weighted by atomic mass is 16.5. The molecule has 0 spiro atoms. The van der Waals surface area contributed by atoms with Crippen LogP contribution in [0.15, 0.2) is 18.2 Å². The smallest absolute Gasteiger partial charge is 0.246 e. The van der Waals surface area contributed by atoms with Crippen LogP contribution in [-0.2, 0) is 9.53 Å². The van der Waals surface area contributed by atoms with Crippen LogP contribution < -0.4 is 14.8 Å². The number of hydrogen-bond acceptors (Lipinski definition) is 4. The number of methoxy groups -OCH3 is 3. The van der Waals surface area contributed by atoms with Gasteiger partial charge in [-0.2, -0.15) is 0 Å². The molecule has 0 heterocycles. The lowest BCUT2D eigenvalue weighted by Crippen LogP contribution is -2.30. The van der Waals surface area contributed by atoms with Crippen LogP contribution in [0.4, 0.5) is 0 Å². The van der Waals surface area contributed by atoms with E-state index >= 15 is 0 Å². The SMILES string of the molecule is COCC(=O)N[C@@H](C)c1cc(OC)ccc1OC. The lowest BCUT2D eigenvalue weighted by molar-refractivity contribution is -0.125. The number of carbonyl (C=O) groups excluding carboxylic acids is 1. The Morgan fingerprint density at radius 2 is 2.00 bits per heavy atom. The first-order valence-electron chi connectivity index (χ1n) is 5.62. The second-order valence-electron chi connectivity index (χ2n) is 3.83. The maximum absolute atomic E-state index is 11.5. The van der Waals surface area contributed by atoms with E-state index in [1.54, 1.807) is 14.2 Å². The molecule has 0 saturated carbocycles. The fourth-order valence-electron chi connectivity index (χ4n) is 1.67. The Hall–Kier alpha value is -1.75. The Morgan fingerprint density at radius 3 is 2.56 bits per heavy atom. The van der Waals surface area contributed by atoms with Crippen molar-refractivity contribution in [2.24, 2.45) is 0 Å². The second kappa shape index (κ2) is 6.86. The van der Waals surface area contributed by atoms with E-state index < -0.39 is 0 Å². The molecule has 0 aliphatic rings. The van der Waals surface area contributed by atoms with Crippen molar-refractivity contribution in [1.82, 2.24) is 5.32 Å². The van der Waals surface area contributed by atoms with Crippen LogP contribution in [0, 0.1) is 0 Å². The number of carbonyl (C=O) groups is 1. The third-order valence-electron chi connectivity index (χ3n) is 2.56. The minimum Gasteiger partial charge on any atom is -0.497 e. The van der Waals surface area contributed by atoms with Crippen molar-refractivity contribution in [3.8, 4) is 11.5 Å². The standard InChI is InChI=1S/C13H19NO4/c1-9(14-13(15)8-16-2)11-7-10(17-3)5-6-12(11)18-4/h5-7,9H,8H2,1-4H3,(H,14,15)/t9-/m0/s1. The van der Waals surface area contributed by atoms with Crippen molar-refractivity contribution in [2.75, 3.05) is 27.9 Å². The summed E-state index contributed by atoms with van der Waals surface area (Å²) in [6.07, 6.45) is 0. The van der Waals surface area contributed by atoms with Gasteiger partial charge in [0.05, 0.1) is 20.3 Å². The van der Waals surface area contributed by atoms with Gasteiger partial charge < -0.3 is 19.5 Å². The molecule has 0 bridgehead atoms. The molecule has 1 amide bonds. The minimum absolute atomic E-state index is 0.0383. The molecule has 0 aliphatic carbocycles. The molecule has 1 atom stereocenters. The number of amides is 1. The van der Waals surface area contributed by atoms with Crippen LogP contribution in [-0.4, -0.2) is 33.8 Å². The predicted molar refractivity (Wildman–Crippen MR) is 68.0 cm³/mol. The van der Waals surface area contributed by atoms with E-state index in [1.807, 2.05) is 25.1 Å². The van der Waals surface area contributed by atoms with Crippen molar-refractivity contribution in [3.05, 3.63) is 23.8 Å². The highest BCUT2D eigenvalue weighted by molar-refractivity contribution is 5.77. The van der Waals surface area contributed by atoms with Crippen molar-refractivity contribution < 1.29 is 19.0 Å². The molecule has 0 aromatic heterocycles. The van der Waals surface area contributed by atoms with E-state index in [-0.39, 0.29) is 18.6 Å². The predicted octanol–water partition coefficient (Wildman–Crippen LogP) is 1.53. The van der Waals surface area contributed by atoms with E-state index in [0.717, 1.165) is 11.3 Å². The zero-order chi connectivity index (χ0) is 13.5. The number of rotatable bonds is 6. The topological polar surface area (TPSA) is 56.8 Å². The Labute approximate surface area is 107 Å². The highest BCUT2D eigenvalue weighted by Gasteiger charge is 2.14. The van der Waals surface area contributed by atoms with Gasteiger partial charge in [0, 0.05) is 12.7 Å². The monoisotopic (exact) mass is 253 g/mol. The van der Waals surface area contributed by atoms with Crippen LogP contribution in [0.25, 0.3) is 0 Å². The fraction of sp³-hybridized carbons (Fsp3) is 0.462. The Morgan fingerprint density at radius 1 is 1.28 bits per heavy atom. The normalized spacial score (nSPS) is 11.8. The van der Waals surface area contributed by atoms with E-state index in [4.69, 9.17) is 14.2 Å². The molecule has 0 saturated heterocycles. The molecular formula is C13H19NO4. The largest absolute Gasteiger partial charge is 0.497 e. The van der Waals surface area contributed by atoms with Gasteiger partial charge in [0.15, 0.2) is 0 Å². The average Bonchev–Trinajstić information content (AvgIpc) is 2.38. The minimum atomic E-state index is -0.183. The van der Waals surface area contributed by atoms with Crippen LogP contribution in [0.2, 0.25) is 0 Å². The quantitative estimate of drug-likeness (QED) is 0.835. The van der Waals surface area contributed by atoms with E-state index in [0.29, 0.717) is 5.75 Å². The molecule has 0 radical (unpaired) electrons. The zero-order valence-electron chi connectivity index (χ0n) is 11.1. The summed E-state index contributed by atoms with van der Waals surface area (Å²) in [5, 5.41) is 2.82. The molecule has 1 aromatic carbocycles. The van der Waals surface area contributed by atoms with Crippen LogP contribution in [0.5, 0.6) is 11.5 Å². The van der Waals surface area contributed by atoms with Gasteiger partial charge in [-0.1, -0.05) is 0 Å². The molecule has 0 aliphatic heterocycles. The average molecular weight is 253 g/mol. The van der Waals surface area contributed by atoms with Crippen molar-refractivity contribution in [2.45, 2.75) is 13.0 Å². The Kier molecular flexibility index (Phi) is 5.45. The van der Waals surface area contributed by atoms with Crippen molar-refractivity contribution >= 4 is 5.91 Å². The van der Waals surface area contributed by atoms with E-state index in [1.165, 1.54) is 7.11 Å². The molecule has 1 N–H and O–H groups in total. The number of ether oxygens (including phenoxy) is 3. The maximum atomic E-state index is 11.5. The number of nitrogens with one attached hydrogen (secondary N) is 1. The molecular weight excluding hydrogens is 234 g/mol. The Bertz CT molecular complexity index is 406. The van der Waals surface area contributed by atoms with E-state index in [9.17, 15) is 4.79 Å². The van der Waals surface area contributed by atoms with Gasteiger partial charge in [-0.15, -0.1) is 0 Å².